The van der Waals surface area contributed by atoms with Gasteiger partial charge in [-0.2, -0.15) is 0 Å². The molecule has 0 aromatic heterocycles. The molecule has 1 aliphatic rings. The second-order valence-electron chi connectivity index (χ2n) is 4.80. The van der Waals surface area contributed by atoms with E-state index in [0.29, 0.717) is 18.6 Å². The van der Waals surface area contributed by atoms with Crippen molar-refractivity contribution in [2.75, 3.05) is 6.61 Å². The molecule has 0 saturated heterocycles. The summed E-state index contributed by atoms with van der Waals surface area (Å²) >= 11 is 5.81. The fourth-order valence-corrected chi connectivity index (χ4v) is 2.59. The van der Waals surface area contributed by atoms with E-state index in [0.717, 1.165) is 17.2 Å². The van der Waals surface area contributed by atoms with Crippen LogP contribution in [0.15, 0.2) is 24.3 Å². The van der Waals surface area contributed by atoms with Gasteiger partial charge in [-0.15, -0.1) is 0 Å². The third-order valence-electron chi connectivity index (χ3n) is 3.54. The van der Waals surface area contributed by atoms with E-state index in [1.807, 2.05) is 24.3 Å². The summed E-state index contributed by atoms with van der Waals surface area (Å²) in [5.41, 5.74) is 6.17. The monoisotopic (exact) mass is 253 g/mol. The van der Waals surface area contributed by atoms with E-state index in [1.165, 1.54) is 25.7 Å². The summed E-state index contributed by atoms with van der Waals surface area (Å²) in [6.45, 7) is 0.694. The van der Waals surface area contributed by atoms with Gasteiger partial charge in [0.2, 0.25) is 0 Å². The maximum absolute atomic E-state index is 6.17. The summed E-state index contributed by atoms with van der Waals surface area (Å²) < 4.78 is 5.65. The summed E-state index contributed by atoms with van der Waals surface area (Å²) in [4.78, 5) is 0. The van der Waals surface area contributed by atoms with Crippen molar-refractivity contribution in [3.05, 3.63) is 29.3 Å². The van der Waals surface area contributed by atoms with Gasteiger partial charge < -0.3 is 10.5 Å². The van der Waals surface area contributed by atoms with E-state index >= 15 is 0 Å². The first-order valence-electron chi connectivity index (χ1n) is 6.39. The lowest BCUT2D eigenvalue weighted by molar-refractivity contribution is 0.274. The predicted octanol–water partition coefficient (Wildman–Crippen LogP) is 3.63. The molecule has 0 amide bonds. The highest BCUT2D eigenvalue weighted by Gasteiger charge is 2.21. The predicted molar refractivity (Wildman–Crippen MR) is 71.5 cm³/mol. The van der Waals surface area contributed by atoms with Crippen LogP contribution in [0, 0.1) is 5.92 Å². The lowest BCUT2D eigenvalue weighted by Crippen LogP contribution is -2.30. The number of nitrogens with two attached hydrogens (primary N) is 1. The zero-order valence-corrected chi connectivity index (χ0v) is 10.8. The fraction of sp³-hybridized carbons (Fsp3) is 0.571. The Labute approximate surface area is 108 Å². The van der Waals surface area contributed by atoms with Crippen LogP contribution in [0.1, 0.15) is 32.1 Å². The van der Waals surface area contributed by atoms with E-state index in [1.54, 1.807) is 0 Å². The van der Waals surface area contributed by atoms with Crippen LogP contribution in [-0.2, 0) is 0 Å². The minimum atomic E-state index is 0.296. The molecule has 0 aliphatic heterocycles. The number of rotatable bonds is 5. The average molecular weight is 254 g/mol. The van der Waals surface area contributed by atoms with E-state index in [4.69, 9.17) is 22.1 Å². The van der Waals surface area contributed by atoms with Gasteiger partial charge in [0, 0.05) is 11.1 Å². The molecule has 1 saturated carbocycles. The summed E-state index contributed by atoms with van der Waals surface area (Å²) in [6.07, 6.45) is 6.21. The van der Waals surface area contributed by atoms with Crippen molar-refractivity contribution in [1.82, 2.24) is 0 Å². The Balaban J connectivity index is 1.70. The molecular weight excluding hydrogens is 234 g/mol. The molecular formula is C14H20ClNO. The van der Waals surface area contributed by atoms with Crippen molar-refractivity contribution >= 4 is 11.6 Å². The second kappa shape index (κ2) is 6.27. The topological polar surface area (TPSA) is 35.2 Å². The van der Waals surface area contributed by atoms with Crippen LogP contribution in [0.2, 0.25) is 5.02 Å². The average Bonchev–Trinajstić information content (AvgIpc) is 2.85. The van der Waals surface area contributed by atoms with Gasteiger partial charge in [0.15, 0.2) is 0 Å². The van der Waals surface area contributed by atoms with Crippen LogP contribution >= 0.6 is 11.6 Å². The third-order valence-corrected chi connectivity index (χ3v) is 3.79. The molecule has 17 heavy (non-hydrogen) atoms. The number of halogens is 1. The van der Waals surface area contributed by atoms with E-state index < -0.39 is 0 Å². The lowest BCUT2D eigenvalue weighted by Gasteiger charge is -2.18. The largest absolute Gasteiger partial charge is 0.494 e. The maximum atomic E-state index is 6.17. The molecule has 2 rings (SSSR count). The molecule has 2 nitrogen and oxygen atoms in total. The lowest BCUT2D eigenvalue weighted by atomic mass is 9.97. The normalized spacial score (nSPS) is 18.2. The smallest absolute Gasteiger partial charge is 0.119 e. The fourth-order valence-electron chi connectivity index (χ4n) is 2.46. The van der Waals surface area contributed by atoms with Crippen molar-refractivity contribution < 1.29 is 4.74 Å². The van der Waals surface area contributed by atoms with Gasteiger partial charge in [-0.05, 0) is 49.4 Å². The summed E-state index contributed by atoms with van der Waals surface area (Å²) in [5.74, 6) is 1.58. The van der Waals surface area contributed by atoms with Crippen LogP contribution < -0.4 is 10.5 Å². The van der Waals surface area contributed by atoms with Crippen LogP contribution in [0.5, 0.6) is 5.75 Å². The van der Waals surface area contributed by atoms with Crippen LogP contribution in [0.4, 0.5) is 0 Å². The number of ether oxygens (including phenoxy) is 1. The molecule has 1 fully saturated rings. The van der Waals surface area contributed by atoms with Gasteiger partial charge >= 0.3 is 0 Å². The molecule has 1 atom stereocenters. The molecule has 0 heterocycles. The highest BCUT2D eigenvalue weighted by atomic mass is 35.5. The highest BCUT2D eigenvalue weighted by Crippen LogP contribution is 2.28. The molecule has 3 heteroatoms. The summed E-state index contributed by atoms with van der Waals surface area (Å²) in [6, 6.07) is 7.76. The zero-order valence-electron chi connectivity index (χ0n) is 10.1. The minimum absolute atomic E-state index is 0.296. The van der Waals surface area contributed by atoms with Gasteiger partial charge in [-0.3, -0.25) is 0 Å². The quantitative estimate of drug-likeness (QED) is 0.870. The summed E-state index contributed by atoms with van der Waals surface area (Å²) in [7, 11) is 0. The standard InChI is InChI=1S/C14H20ClNO/c15-12-5-7-13(8-6-12)17-10-9-14(16)11-3-1-2-4-11/h5-8,11,14H,1-4,9-10,16H2. The Morgan fingerprint density at radius 1 is 1.24 bits per heavy atom. The molecule has 94 valence electrons. The minimum Gasteiger partial charge on any atom is -0.494 e. The first-order chi connectivity index (χ1) is 8.25. The van der Waals surface area contributed by atoms with Crippen LogP contribution in [0.25, 0.3) is 0 Å². The molecule has 0 bridgehead atoms. The van der Waals surface area contributed by atoms with Crippen LogP contribution in [0.3, 0.4) is 0 Å². The van der Waals surface area contributed by atoms with Gasteiger partial charge in [0.05, 0.1) is 6.61 Å². The molecule has 2 N–H and O–H groups in total. The van der Waals surface area contributed by atoms with Crippen LogP contribution in [-0.4, -0.2) is 12.6 Å². The first kappa shape index (κ1) is 12.7. The zero-order chi connectivity index (χ0) is 12.1. The Bertz CT molecular complexity index is 333. The maximum Gasteiger partial charge on any atom is 0.119 e. The molecule has 0 spiro atoms. The first-order valence-corrected chi connectivity index (χ1v) is 6.77. The Kier molecular flexibility index (Phi) is 4.69. The second-order valence-corrected chi connectivity index (χ2v) is 5.24. The Hall–Kier alpha value is -0.730. The molecule has 1 aromatic rings. The summed E-state index contributed by atoms with van der Waals surface area (Å²) in [5, 5.41) is 0.736. The SMILES string of the molecule is NC(CCOc1ccc(Cl)cc1)C1CCCC1. The van der Waals surface area contributed by atoms with E-state index in [9.17, 15) is 0 Å². The van der Waals surface area contributed by atoms with Crippen molar-refractivity contribution in [2.24, 2.45) is 11.7 Å². The van der Waals surface area contributed by atoms with Gasteiger partial charge in [-0.25, -0.2) is 0 Å². The molecule has 1 aromatic carbocycles. The molecule has 1 aliphatic carbocycles. The van der Waals surface area contributed by atoms with Crippen molar-refractivity contribution in [1.29, 1.82) is 0 Å². The number of hydrogen-bond donors (Lipinski definition) is 1. The molecule has 0 radical (unpaired) electrons. The number of benzene rings is 1. The highest BCUT2D eigenvalue weighted by molar-refractivity contribution is 6.30. The van der Waals surface area contributed by atoms with Gasteiger partial charge in [-0.1, -0.05) is 24.4 Å². The third kappa shape index (κ3) is 3.90. The van der Waals surface area contributed by atoms with Gasteiger partial charge in [0.25, 0.3) is 0 Å². The van der Waals surface area contributed by atoms with E-state index in [-0.39, 0.29) is 0 Å². The van der Waals surface area contributed by atoms with Gasteiger partial charge in [0.1, 0.15) is 5.75 Å². The van der Waals surface area contributed by atoms with Crippen molar-refractivity contribution in [3.63, 3.8) is 0 Å². The Morgan fingerprint density at radius 2 is 1.88 bits per heavy atom. The molecule has 1 unspecified atom stereocenters. The Morgan fingerprint density at radius 3 is 2.53 bits per heavy atom. The van der Waals surface area contributed by atoms with Crippen molar-refractivity contribution in [3.8, 4) is 5.75 Å². The number of hydrogen-bond acceptors (Lipinski definition) is 2. The van der Waals surface area contributed by atoms with E-state index in [2.05, 4.69) is 0 Å². The van der Waals surface area contributed by atoms with Crippen molar-refractivity contribution in [2.45, 2.75) is 38.1 Å².